The fourth-order valence-corrected chi connectivity index (χ4v) is 21.3. The van der Waals surface area contributed by atoms with Crippen LogP contribution in [0.15, 0.2) is 294 Å². The zero-order chi connectivity index (χ0) is 51.0. The number of furan rings is 2. The van der Waals surface area contributed by atoms with Gasteiger partial charge in [0.2, 0.25) is 0 Å². The Hall–Kier alpha value is -9.22. The Bertz CT molecular complexity index is 4190. The molecule has 0 aliphatic carbocycles. The molecule has 13 aromatic rings. The van der Waals surface area contributed by atoms with E-state index >= 15 is 0 Å². The van der Waals surface area contributed by atoms with Crippen molar-refractivity contribution in [2.45, 2.75) is 6.92 Å². The van der Waals surface area contributed by atoms with Gasteiger partial charge in [0.25, 0.3) is 0 Å². The van der Waals surface area contributed by atoms with E-state index in [1.54, 1.807) is 0 Å². The zero-order valence-corrected chi connectivity index (χ0v) is 44.3. The Balaban J connectivity index is 0.972. The Kier molecular flexibility index (Phi) is 12.2. The van der Waals surface area contributed by atoms with Crippen LogP contribution in [0.2, 0.25) is 0 Å². The molecular weight excluding hydrogens is 981 g/mol. The van der Waals surface area contributed by atoms with Crippen molar-refractivity contribution in [3.63, 3.8) is 0 Å². The van der Waals surface area contributed by atoms with E-state index < -0.39 is 13.3 Å². The van der Waals surface area contributed by atoms with Gasteiger partial charge in [-0.05, 0) is 0 Å². The second-order valence-electron chi connectivity index (χ2n) is 19.6. The van der Waals surface area contributed by atoms with E-state index in [1.165, 1.54) is 34.3 Å². The Morgan fingerprint density at radius 1 is 0.355 bits per heavy atom. The quantitative estimate of drug-likeness (QED) is 0.0900. The predicted octanol–water partition coefficient (Wildman–Crippen LogP) is 17.1. The molecule has 11 aromatic carbocycles. The van der Waals surface area contributed by atoms with Gasteiger partial charge in [-0.15, -0.1) is 0 Å². The monoisotopic (exact) mass is 1030 g/mol. The molecule has 0 atom stereocenters. The molecule has 0 amide bonds. The van der Waals surface area contributed by atoms with E-state index in [0.29, 0.717) is 0 Å². The summed E-state index contributed by atoms with van der Waals surface area (Å²) in [6, 6.07) is 99.5. The van der Waals surface area contributed by atoms with Crippen molar-refractivity contribution in [1.29, 1.82) is 0 Å². The summed E-state index contributed by atoms with van der Waals surface area (Å²) in [4.78, 5) is 0. The number of aryl methyl sites for hydroxylation is 1. The van der Waals surface area contributed by atoms with Crippen molar-refractivity contribution in [2.24, 2.45) is 0 Å². The molecule has 0 unspecified atom stereocenters. The molecule has 0 bridgehead atoms. The molecule has 0 N–H and O–H groups in total. The van der Waals surface area contributed by atoms with Crippen LogP contribution >= 0.6 is 0 Å². The number of hydrogen-bond acceptors (Lipinski definition) is 2. The van der Waals surface area contributed by atoms with Crippen LogP contribution in [0.1, 0.15) is 16.9 Å². The maximum absolute atomic E-state index is 6.88. The summed E-state index contributed by atoms with van der Waals surface area (Å²) in [6.07, 6.45) is 4.15. The average Bonchev–Trinajstić information content (AvgIpc) is 4.08. The SMILES string of the molecule is C=C/C(=C\c1c(C)oc2c(-c3cc[c]([Ge]([c]4ccccc4)([c]4ccccc4)[c]4ccc(-c5cc(-c6ccccc6)cc6c5oc5ccc(-c7ccccc7)cc56)cc4)cc3)cc(-c3ccccc3)cc12)c1ccccc1. The van der Waals surface area contributed by atoms with Crippen LogP contribution in [0, 0.1) is 6.92 Å². The molecule has 76 heavy (non-hydrogen) atoms. The summed E-state index contributed by atoms with van der Waals surface area (Å²) >= 11 is -3.77. The number of rotatable bonds is 12. The van der Waals surface area contributed by atoms with Gasteiger partial charge in [-0.3, -0.25) is 0 Å². The molecule has 2 heterocycles. The van der Waals surface area contributed by atoms with Gasteiger partial charge in [0, 0.05) is 0 Å². The third kappa shape index (κ3) is 8.34. The Morgan fingerprint density at radius 3 is 1.24 bits per heavy atom. The molecule has 0 aliphatic heterocycles. The van der Waals surface area contributed by atoms with Crippen molar-refractivity contribution in [3.05, 3.63) is 303 Å². The van der Waals surface area contributed by atoms with Gasteiger partial charge in [0.1, 0.15) is 0 Å². The van der Waals surface area contributed by atoms with E-state index in [4.69, 9.17) is 8.83 Å². The van der Waals surface area contributed by atoms with Crippen LogP contribution < -0.4 is 17.6 Å². The molecule has 13 rings (SSSR count). The summed E-state index contributed by atoms with van der Waals surface area (Å²) in [7, 11) is 0. The van der Waals surface area contributed by atoms with Crippen LogP contribution in [-0.2, 0) is 0 Å². The summed E-state index contributed by atoms with van der Waals surface area (Å²) in [5, 5.41) is 3.28. The first kappa shape index (κ1) is 46.6. The molecule has 2 nitrogen and oxygen atoms in total. The van der Waals surface area contributed by atoms with E-state index in [1.807, 2.05) is 12.1 Å². The van der Waals surface area contributed by atoms with Gasteiger partial charge in [-0.1, -0.05) is 36.4 Å². The normalized spacial score (nSPS) is 11.9. The van der Waals surface area contributed by atoms with Crippen molar-refractivity contribution >= 4 is 75.4 Å². The molecule has 0 saturated carbocycles. The minimum Gasteiger partial charge on any atom is -0.0622 e. The van der Waals surface area contributed by atoms with Crippen molar-refractivity contribution in [1.82, 2.24) is 0 Å². The second-order valence-corrected chi connectivity index (χ2v) is 27.6. The Labute approximate surface area is 446 Å². The fraction of sp³-hybridized carbons (Fsp3) is 0.0137. The van der Waals surface area contributed by atoms with E-state index in [-0.39, 0.29) is 0 Å². The first-order valence-corrected chi connectivity index (χ1v) is 30.2. The molecular formula is C73H52GeO2. The smallest absolute Gasteiger partial charge is 0.0622 e. The third-order valence-electron chi connectivity index (χ3n) is 15.2. The van der Waals surface area contributed by atoms with Crippen LogP contribution in [0.4, 0.5) is 0 Å². The topological polar surface area (TPSA) is 26.3 Å². The predicted molar refractivity (Wildman–Crippen MR) is 324 cm³/mol. The number of allylic oxidation sites excluding steroid dienone is 2. The number of fused-ring (bicyclic) bond motifs is 4. The third-order valence-corrected chi connectivity index (χ3v) is 25.3. The van der Waals surface area contributed by atoms with Gasteiger partial charge in [-0.25, -0.2) is 0 Å². The van der Waals surface area contributed by atoms with E-state index in [9.17, 15) is 0 Å². The first-order chi connectivity index (χ1) is 37.5. The van der Waals surface area contributed by atoms with Crippen LogP contribution in [-0.4, -0.2) is 13.3 Å². The van der Waals surface area contributed by atoms with E-state index in [0.717, 1.165) is 94.3 Å². The number of benzene rings is 11. The van der Waals surface area contributed by atoms with Crippen LogP contribution in [0.5, 0.6) is 0 Å². The van der Waals surface area contributed by atoms with Crippen LogP contribution in [0.3, 0.4) is 0 Å². The molecule has 2 aromatic heterocycles. The average molecular weight is 1030 g/mol. The minimum atomic E-state index is -3.77. The molecule has 0 radical (unpaired) electrons. The standard InChI is InChI=1S/C73H52GeO2/c1-3-51(52-22-10-4-11-23-52)44-65-50(2)75-72-66(46-59(48-69(65)72)54-26-14-6-15-27-54)56-34-39-63(40-35-56)74(61-30-18-8-19-31-61,62-32-20-9-21-33-62)64-41-36-57(37-42-64)67-47-60(55-28-16-7-17-29-55)49-70-68-45-58(53-24-12-5-13-25-53)38-43-71(68)76-73(67)70/h3-49H,1H2,2H3/b51-44+. The minimum absolute atomic E-state index is 0.865. The van der Waals surface area contributed by atoms with Crippen molar-refractivity contribution < 1.29 is 8.83 Å². The van der Waals surface area contributed by atoms with Gasteiger partial charge in [-0.2, -0.15) is 0 Å². The molecule has 0 aliphatic rings. The van der Waals surface area contributed by atoms with Gasteiger partial charge >= 0.3 is 413 Å². The Morgan fingerprint density at radius 2 is 0.750 bits per heavy atom. The van der Waals surface area contributed by atoms with E-state index in [2.05, 4.69) is 286 Å². The first-order valence-electron chi connectivity index (χ1n) is 26.0. The second kappa shape index (κ2) is 19.9. The molecule has 360 valence electrons. The zero-order valence-electron chi connectivity index (χ0n) is 42.2. The molecule has 0 spiro atoms. The van der Waals surface area contributed by atoms with Crippen molar-refractivity contribution in [2.75, 3.05) is 0 Å². The molecule has 0 fully saturated rings. The van der Waals surface area contributed by atoms with Gasteiger partial charge < -0.3 is 0 Å². The van der Waals surface area contributed by atoms with Crippen LogP contribution in [0.25, 0.3) is 100 Å². The summed E-state index contributed by atoms with van der Waals surface area (Å²) in [5.41, 5.74) is 17.1. The summed E-state index contributed by atoms with van der Waals surface area (Å²) in [5.74, 6) is 0.865. The fourth-order valence-electron chi connectivity index (χ4n) is 11.4. The molecule has 3 heteroatoms. The summed E-state index contributed by atoms with van der Waals surface area (Å²) in [6.45, 7) is 6.28. The summed E-state index contributed by atoms with van der Waals surface area (Å²) < 4.78 is 19.1. The van der Waals surface area contributed by atoms with Crippen molar-refractivity contribution in [3.8, 4) is 55.6 Å². The number of hydrogen-bond donors (Lipinski definition) is 0. The molecule has 0 saturated heterocycles. The van der Waals surface area contributed by atoms with Gasteiger partial charge in [0.15, 0.2) is 0 Å². The maximum atomic E-state index is 6.88. The van der Waals surface area contributed by atoms with Gasteiger partial charge in [0.05, 0.1) is 0 Å².